The molecule has 148 valence electrons. The molecule has 2 aromatic carbocycles. The van der Waals surface area contributed by atoms with E-state index in [0.29, 0.717) is 17.3 Å². The summed E-state index contributed by atoms with van der Waals surface area (Å²) in [6, 6.07) is 13.0. The van der Waals surface area contributed by atoms with Crippen LogP contribution in [0.2, 0.25) is 0 Å². The van der Waals surface area contributed by atoms with Gasteiger partial charge in [0.25, 0.3) is 11.8 Å². The van der Waals surface area contributed by atoms with Crippen molar-refractivity contribution in [1.29, 1.82) is 0 Å². The molecular formula is C21H17F2N3O3. The first-order chi connectivity index (χ1) is 14.0. The number of rotatable bonds is 7. The Hall–Kier alpha value is -3.81. The van der Waals surface area contributed by atoms with Crippen LogP contribution in [0.5, 0.6) is 5.75 Å². The molecule has 3 aromatic rings. The van der Waals surface area contributed by atoms with E-state index in [1.54, 1.807) is 36.4 Å². The van der Waals surface area contributed by atoms with Crippen LogP contribution in [0.3, 0.4) is 0 Å². The summed E-state index contributed by atoms with van der Waals surface area (Å²) < 4.78 is 31.4. The average molecular weight is 397 g/mol. The number of carbonyl (C=O) groups excluding carboxylic acids is 2. The number of nitrogens with one attached hydrogen (secondary N) is 2. The van der Waals surface area contributed by atoms with Gasteiger partial charge in [-0.2, -0.15) is 0 Å². The van der Waals surface area contributed by atoms with E-state index < -0.39 is 24.1 Å². The van der Waals surface area contributed by atoms with Crippen LogP contribution in [0, 0.1) is 11.6 Å². The van der Waals surface area contributed by atoms with Crippen molar-refractivity contribution in [1.82, 2.24) is 10.3 Å². The predicted molar refractivity (Wildman–Crippen MR) is 102 cm³/mol. The minimum Gasteiger partial charge on any atom is -0.481 e. The molecule has 0 saturated carbocycles. The SMILES string of the molecule is O=C(COc1ccc(F)cc1F)NCc1cccc(NC(=O)c2ccncc2)c1. The molecule has 2 N–H and O–H groups in total. The topological polar surface area (TPSA) is 80.3 Å². The zero-order valence-electron chi connectivity index (χ0n) is 15.2. The summed E-state index contributed by atoms with van der Waals surface area (Å²) in [5.74, 6) is -2.56. The van der Waals surface area contributed by atoms with E-state index in [9.17, 15) is 18.4 Å². The first-order valence-electron chi connectivity index (χ1n) is 8.66. The zero-order chi connectivity index (χ0) is 20.6. The van der Waals surface area contributed by atoms with Crippen LogP contribution >= 0.6 is 0 Å². The smallest absolute Gasteiger partial charge is 0.258 e. The summed E-state index contributed by atoms with van der Waals surface area (Å²) in [7, 11) is 0. The van der Waals surface area contributed by atoms with E-state index in [0.717, 1.165) is 17.7 Å². The maximum Gasteiger partial charge on any atom is 0.258 e. The molecule has 6 nitrogen and oxygen atoms in total. The van der Waals surface area contributed by atoms with Crippen LogP contribution in [-0.2, 0) is 11.3 Å². The van der Waals surface area contributed by atoms with E-state index in [-0.39, 0.29) is 18.2 Å². The third-order valence-electron chi connectivity index (χ3n) is 3.87. The molecule has 29 heavy (non-hydrogen) atoms. The number of carbonyl (C=O) groups is 2. The lowest BCUT2D eigenvalue weighted by Crippen LogP contribution is -2.28. The molecule has 0 atom stereocenters. The quantitative estimate of drug-likeness (QED) is 0.641. The highest BCUT2D eigenvalue weighted by Gasteiger charge is 2.09. The lowest BCUT2D eigenvalue weighted by molar-refractivity contribution is -0.123. The third-order valence-corrected chi connectivity index (χ3v) is 3.87. The molecule has 2 amide bonds. The Kier molecular flexibility index (Phi) is 6.47. The predicted octanol–water partition coefficient (Wildman–Crippen LogP) is 3.31. The Morgan fingerprint density at radius 2 is 1.79 bits per heavy atom. The van der Waals surface area contributed by atoms with Crippen LogP contribution in [0.15, 0.2) is 67.0 Å². The molecule has 1 heterocycles. The Morgan fingerprint density at radius 3 is 2.55 bits per heavy atom. The Bertz CT molecular complexity index is 1010. The summed E-state index contributed by atoms with van der Waals surface area (Å²) in [4.78, 5) is 28.0. The van der Waals surface area contributed by atoms with Gasteiger partial charge in [-0.3, -0.25) is 14.6 Å². The molecule has 0 saturated heterocycles. The Labute approximate surface area is 165 Å². The van der Waals surface area contributed by atoms with Gasteiger partial charge in [-0.15, -0.1) is 0 Å². The maximum absolute atomic E-state index is 13.5. The van der Waals surface area contributed by atoms with Crippen molar-refractivity contribution >= 4 is 17.5 Å². The van der Waals surface area contributed by atoms with Crippen LogP contribution in [-0.4, -0.2) is 23.4 Å². The lowest BCUT2D eigenvalue weighted by Gasteiger charge is -2.10. The number of pyridine rings is 1. The number of halogens is 2. The summed E-state index contributed by atoms with van der Waals surface area (Å²) in [6.07, 6.45) is 3.06. The van der Waals surface area contributed by atoms with Crippen molar-refractivity contribution in [2.24, 2.45) is 0 Å². The molecule has 1 aromatic heterocycles. The molecule has 3 rings (SSSR count). The molecule has 0 unspecified atom stereocenters. The lowest BCUT2D eigenvalue weighted by atomic mass is 10.2. The highest BCUT2D eigenvalue weighted by molar-refractivity contribution is 6.04. The average Bonchev–Trinajstić information content (AvgIpc) is 2.72. The number of ether oxygens (including phenoxy) is 1. The van der Waals surface area contributed by atoms with Crippen LogP contribution in [0.1, 0.15) is 15.9 Å². The molecular weight excluding hydrogens is 380 g/mol. The van der Waals surface area contributed by atoms with E-state index in [2.05, 4.69) is 15.6 Å². The highest BCUT2D eigenvalue weighted by Crippen LogP contribution is 2.17. The first kappa shape index (κ1) is 19.9. The second kappa shape index (κ2) is 9.41. The van der Waals surface area contributed by atoms with E-state index >= 15 is 0 Å². The van der Waals surface area contributed by atoms with Gasteiger partial charge in [0.15, 0.2) is 18.2 Å². The fraction of sp³-hybridized carbons (Fsp3) is 0.0952. The molecule has 0 fully saturated rings. The van der Waals surface area contributed by atoms with Gasteiger partial charge in [0, 0.05) is 36.3 Å². The van der Waals surface area contributed by atoms with Crippen LogP contribution in [0.25, 0.3) is 0 Å². The molecule has 0 aliphatic rings. The maximum atomic E-state index is 13.5. The Morgan fingerprint density at radius 1 is 1.00 bits per heavy atom. The number of anilines is 1. The van der Waals surface area contributed by atoms with E-state index in [1.807, 2.05) is 0 Å². The van der Waals surface area contributed by atoms with Crippen LogP contribution < -0.4 is 15.4 Å². The number of benzene rings is 2. The van der Waals surface area contributed by atoms with E-state index in [1.165, 1.54) is 12.4 Å². The minimum atomic E-state index is -0.879. The number of amides is 2. The van der Waals surface area contributed by atoms with Gasteiger partial charge in [-0.25, -0.2) is 8.78 Å². The van der Waals surface area contributed by atoms with E-state index in [4.69, 9.17) is 4.74 Å². The van der Waals surface area contributed by atoms with Crippen molar-refractivity contribution in [3.63, 3.8) is 0 Å². The van der Waals surface area contributed by atoms with Gasteiger partial charge in [0.1, 0.15) is 5.82 Å². The largest absolute Gasteiger partial charge is 0.481 e. The number of nitrogens with zero attached hydrogens (tertiary/aromatic N) is 1. The van der Waals surface area contributed by atoms with Crippen molar-refractivity contribution in [3.05, 3.63) is 89.8 Å². The number of hydrogen-bond donors (Lipinski definition) is 2. The summed E-state index contributed by atoms with van der Waals surface area (Å²) in [5, 5.41) is 5.40. The van der Waals surface area contributed by atoms with Gasteiger partial charge in [0.05, 0.1) is 0 Å². The minimum absolute atomic E-state index is 0.188. The highest BCUT2D eigenvalue weighted by atomic mass is 19.1. The van der Waals surface area contributed by atoms with Gasteiger partial charge < -0.3 is 15.4 Å². The molecule has 8 heteroatoms. The molecule has 0 aliphatic heterocycles. The monoisotopic (exact) mass is 397 g/mol. The third kappa shape index (κ3) is 5.83. The fourth-order valence-corrected chi connectivity index (χ4v) is 2.45. The van der Waals surface area contributed by atoms with Crippen molar-refractivity contribution in [3.8, 4) is 5.75 Å². The zero-order valence-corrected chi connectivity index (χ0v) is 15.2. The standard InChI is InChI=1S/C21H17F2N3O3/c22-16-4-5-19(18(23)11-16)29-13-20(27)25-12-14-2-1-3-17(10-14)26-21(28)15-6-8-24-9-7-15/h1-11H,12-13H2,(H,25,27)(H,26,28). The number of hydrogen-bond acceptors (Lipinski definition) is 4. The molecule has 0 bridgehead atoms. The van der Waals surface area contributed by atoms with Crippen molar-refractivity contribution in [2.75, 3.05) is 11.9 Å². The second-order valence-electron chi connectivity index (χ2n) is 6.03. The van der Waals surface area contributed by atoms with Crippen molar-refractivity contribution in [2.45, 2.75) is 6.54 Å². The molecule has 0 radical (unpaired) electrons. The summed E-state index contributed by atoms with van der Waals surface area (Å²) in [5.41, 5.74) is 1.80. The molecule has 0 aliphatic carbocycles. The van der Waals surface area contributed by atoms with Gasteiger partial charge >= 0.3 is 0 Å². The normalized spacial score (nSPS) is 10.3. The summed E-state index contributed by atoms with van der Waals surface area (Å²) in [6.45, 7) is -0.228. The van der Waals surface area contributed by atoms with Gasteiger partial charge in [-0.05, 0) is 42.0 Å². The summed E-state index contributed by atoms with van der Waals surface area (Å²) >= 11 is 0. The van der Waals surface area contributed by atoms with Crippen LogP contribution in [0.4, 0.5) is 14.5 Å². The van der Waals surface area contributed by atoms with Gasteiger partial charge in [-0.1, -0.05) is 12.1 Å². The first-order valence-corrected chi connectivity index (χ1v) is 8.66. The fourth-order valence-electron chi connectivity index (χ4n) is 2.45. The second-order valence-corrected chi connectivity index (χ2v) is 6.03. The van der Waals surface area contributed by atoms with Gasteiger partial charge in [0.2, 0.25) is 0 Å². The molecule has 0 spiro atoms. The number of aromatic nitrogens is 1. The van der Waals surface area contributed by atoms with Crippen molar-refractivity contribution < 1.29 is 23.1 Å². The Balaban J connectivity index is 1.51.